The molecule has 26 heavy (non-hydrogen) atoms. The molecule has 1 N–H and O–H groups in total. The van der Waals surface area contributed by atoms with E-state index in [0.717, 1.165) is 10.2 Å². The van der Waals surface area contributed by atoms with Crippen molar-refractivity contribution in [3.63, 3.8) is 0 Å². The van der Waals surface area contributed by atoms with Gasteiger partial charge in [-0.05, 0) is 36.1 Å². The second-order valence-electron chi connectivity index (χ2n) is 5.69. The molecule has 3 aromatic rings. The summed E-state index contributed by atoms with van der Waals surface area (Å²) in [5.41, 5.74) is 0.962. The highest BCUT2D eigenvalue weighted by molar-refractivity contribution is 7.16. The molecule has 1 atom stereocenters. The van der Waals surface area contributed by atoms with Gasteiger partial charge in [-0.25, -0.2) is 4.79 Å². The molecule has 0 aliphatic rings. The predicted octanol–water partition coefficient (Wildman–Crippen LogP) is 4.09. The molecule has 0 bridgehead atoms. The van der Waals surface area contributed by atoms with Gasteiger partial charge in [0.2, 0.25) is 5.91 Å². The van der Waals surface area contributed by atoms with Crippen LogP contribution in [0.25, 0.3) is 10.2 Å². The fourth-order valence-electron chi connectivity index (χ4n) is 2.96. The second kappa shape index (κ2) is 7.61. The third kappa shape index (κ3) is 3.17. The first kappa shape index (κ1) is 18.0. The average Bonchev–Trinajstić information content (AvgIpc) is 3.24. The maximum Gasteiger partial charge on any atom is 0.354 e. The number of thiophene rings is 1. The van der Waals surface area contributed by atoms with Crippen LogP contribution >= 0.6 is 11.3 Å². The second-order valence-corrected chi connectivity index (χ2v) is 6.58. The number of nitrogens with zero attached hydrogens (tertiary/aromatic N) is 1. The van der Waals surface area contributed by atoms with Gasteiger partial charge >= 0.3 is 5.97 Å². The van der Waals surface area contributed by atoms with Crippen molar-refractivity contribution in [2.45, 2.75) is 19.4 Å². The molecule has 2 aromatic heterocycles. The quantitative estimate of drug-likeness (QED) is 0.662. The number of carbonyl (C=O) groups is 2. The Bertz CT molecular complexity index is 944. The molecule has 0 aliphatic carbocycles. The number of anilines is 1. The van der Waals surface area contributed by atoms with Crippen molar-refractivity contribution in [2.75, 3.05) is 19.5 Å². The lowest BCUT2D eigenvalue weighted by molar-refractivity contribution is -0.119. The van der Waals surface area contributed by atoms with Crippen LogP contribution in [0.1, 0.15) is 29.9 Å². The Morgan fingerprint density at radius 2 is 2.00 bits per heavy atom. The number of amides is 1. The number of ether oxygens (including phenoxy) is 2. The van der Waals surface area contributed by atoms with Crippen LogP contribution in [0.5, 0.6) is 5.75 Å². The van der Waals surface area contributed by atoms with Crippen molar-refractivity contribution in [3.8, 4) is 5.75 Å². The number of nitrogens with one attached hydrogen (secondary N) is 1. The standard InChI is InChI=1S/C19H20N2O4S/c1-4-14(17(22)20-13-7-5-6-8-16(13)24-2)21-15(19(23)25-3)11-12-9-10-26-18(12)21/h5-11,14H,4H2,1-3H3,(H,20,22)/t14-/m0/s1. The van der Waals surface area contributed by atoms with Crippen LogP contribution in [0.15, 0.2) is 41.8 Å². The number of methoxy groups -OCH3 is 2. The number of aromatic nitrogens is 1. The van der Waals surface area contributed by atoms with Crippen molar-refractivity contribution >= 4 is 39.1 Å². The smallest absolute Gasteiger partial charge is 0.354 e. The molecule has 7 heteroatoms. The van der Waals surface area contributed by atoms with Gasteiger partial charge in [-0.2, -0.15) is 0 Å². The Labute approximate surface area is 155 Å². The number of hydrogen-bond donors (Lipinski definition) is 1. The highest BCUT2D eigenvalue weighted by atomic mass is 32.1. The van der Waals surface area contributed by atoms with E-state index in [9.17, 15) is 9.59 Å². The van der Waals surface area contributed by atoms with Crippen LogP contribution in [0, 0.1) is 0 Å². The summed E-state index contributed by atoms with van der Waals surface area (Å²) < 4.78 is 12.0. The van der Waals surface area contributed by atoms with E-state index >= 15 is 0 Å². The first-order chi connectivity index (χ1) is 12.6. The third-order valence-corrected chi connectivity index (χ3v) is 5.13. The van der Waals surface area contributed by atoms with E-state index in [1.165, 1.54) is 18.4 Å². The van der Waals surface area contributed by atoms with Gasteiger partial charge in [0, 0.05) is 5.39 Å². The Morgan fingerprint density at radius 1 is 1.23 bits per heavy atom. The molecular formula is C19H20N2O4S. The lowest BCUT2D eigenvalue weighted by atomic mass is 10.2. The van der Waals surface area contributed by atoms with Gasteiger partial charge in [0.1, 0.15) is 22.3 Å². The number of esters is 1. The van der Waals surface area contributed by atoms with E-state index in [1.54, 1.807) is 29.9 Å². The highest BCUT2D eigenvalue weighted by Crippen LogP contribution is 2.32. The molecule has 0 fully saturated rings. The molecule has 0 unspecified atom stereocenters. The zero-order valence-corrected chi connectivity index (χ0v) is 15.6. The Morgan fingerprint density at radius 3 is 2.69 bits per heavy atom. The number of carbonyl (C=O) groups excluding carboxylic acids is 2. The van der Waals surface area contributed by atoms with Gasteiger partial charge < -0.3 is 19.4 Å². The fraction of sp³-hybridized carbons (Fsp3) is 0.263. The van der Waals surface area contributed by atoms with Crippen LogP contribution in [0.3, 0.4) is 0 Å². The summed E-state index contributed by atoms with van der Waals surface area (Å²) >= 11 is 1.49. The van der Waals surface area contributed by atoms with Crippen LogP contribution in [-0.2, 0) is 9.53 Å². The van der Waals surface area contributed by atoms with E-state index in [4.69, 9.17) is 9.47 Å². The maximum atomic E-state index is 13.0. The Balaban J connectivity index is 2.00. The zero-order valence-electron chi connectivity index (χ0n) is 14.8. The summed E-state index contributed by atoms with van der Waals surface area (Å²) in [4.78, 5) is 26.1. The molecule has 0 radical (unpaired) electrons. The summed E-state index contributed by atoms with van der Waals surface area (Å²) in [6.45, 7) is 1.91. The normalized spacial score (nSPS) is 12.0. The minimum atomic E-state index is -0.551. The van der Waals surface area contributed by atoms with Crippen molar-refractivity contribution in [1.82, 2.24) is 4.57 Å². The van der Waals surface area contributed by atoms with Gasteiger partial charge in [-0.3, -0.25) is 4.79 Å². The summed E-state index contributed by atoms with van der Waals surface area (Å²) in [6, 6.07) is 10.4. The molecule has 2 heterocycles. The van der Waals surface area contributed by atoms with Gasteiger partial charge in [-0.15, -0.1) is 11.3 Å². The molecule has 0 spiro atoms. The van der Waals surface area contributed by atoms with Crippen molar-refractivity contribution < 1.29 is 19.1 Å². The number of hydrogen-bond acceptors (Lipinski definition) is 5. The number of rotatable bonds is 6. The summed E-state index contributed by atoms with van der Waals surface area (Å²) in [7, 11) is 2.89. The molecular weight excluding hydrogens is 352 g/mol. The molecule has 0 saturated carbocycles. The third-order valence-electron chi connectivity index (χ3n) is 4.21. The van der Waals surface area contributed by atoms with E-state index in [0.29, 0.717) is 23.6 Å². The fourth-order valence-corrected chi connectivity index (χ4v) is 3.91. The Kier molecular flexibility index (Phi) is 5.27. The van der Waals surface area contributed by atoms with Crippen LogP contribution in [0.2, 0.25) is 0 Å². The first-order valence-corrected chi connectivity index (χ1v) is 9.09. The monoisotopic (exact) mass is 372 g/mol. The lowest BCUT2D eigenvalue weighted by Gasteiger charge is -2.20. The van der Waals surface area contributed by atoms with Crippen LogP contribution in [-0.4, -0.2) is 30.7 Å². The minimum Gasteiger partial charge on any atom is -0.495 e. The van der Waals surface area contributed by atoms with Gasteiger partial charge in [0.05, 0.1) is 19.9 Å². The summed E-state index contributed by atoms with van der Waals surface area (Å²) in [5.74, 6) is -0.0948. The van der Waals surface area contributed by atoms with E-state index in [1.807, 2.05) is 30.5 Å². The molecule has 1 aromatic carbocycles. The van der Waals surface area contributed by atoms with E-state index in [-0.39, 0.29) is 5.91 Å². The number of para-hydroxylation sites is 2. The maximum absolute atomic E-state index is 13.0. The molecule has 1 amide bonds. The van der Waals surface area contributed by atoms with Gasteiger partial charge in [0.25, 0.3) is 0 Å². The topological polar surface area (TPSA) is 69.6 Å². The highest BCUT2D eigenvalue weighted by Gasteiger charge is 2.27. The lowest BCUT2D eigenvalue weighted by Crippen LogP contribution is -2.28. The van der Waals surface area contributed by atoms with Crippen LogP contribution in [0.4, 0.5) is 5.69 Å². The van der Waals surface area contributed by atoms with Gasteiger partial charge in [-0.1, -0.05) is 19.1 Å². The van der Waals surface area contributed by atoms with E-state index in [2.05, 4.69) is 5.32 Å². The van der Waals surface area contributed by atoms with Gasteiger partial charge in [0.15, 0.2) is 0 Å². The molecule has 0 saturated heterocycles. The molecule has 6 nitrogen and oxygen atoms in total. The van der Waals surface area contributed by atoms with E-state index < -0.39 is 12.0 Å². The summed E-state index contributed by atoms with van der Waals surface area (Å²) in [6.07, 6.45) is 0.520. The number of benzene rings is 1. The largest absolute Gasteiger partial charge is 0.495 e. The Hall–Kier alpha value is -2.80. The zero-order chi connectivity index (χ0) is 18.7. The minimum absolute atomic E-state index is 0.215. The predicted molar refractivity (Wildman–Crippen MR) is 102 cm³/mol. The van der Waals surface area contributed by atoms with Crippen molar-refractivity contribution in [2.24, 2.45) is 0 Å². The number of fused-ring (bicyclic) bond motifs is 1. The first-order valence-electron chi connectivity index (χ1n) is 8.21. The molecule has 3 rings (SSSR count). The molecule has 0 aliphatic heterocycles. The summed E-state index contributed by atoms with van der Waals surface area (Å²) in [5, 5.41) is 5.76. The SMILES string of the molecule is CC[C@@H](C(=O)Nc1ccccc1OC)n1c(C(=O)OC)cc2ccsc21. The van der Waals surface area contributed by atoms with Crippen molar-refractivity contribution in [3.05, 3.63) is 47.5 Å². The molecule has 136 valence electrons. The van der Waals surface area contributed by atoms with Crippen LogP contribution < -0.4 is 10.1 Å². The van der Waals surface area contributed by atoms with Crippen molar-refractivity contribution in [1.29, 1.82) is 0 Å². The average molecular weight is 372 g/mol.